The molecule has 0 unspecified atom stereocenters. The average Bonchev–Trinajstić information content (AvgIpc) is 3.58. The molecule has 40 heavy (non-hydrogen) atoms. The van der Waals surface area contributed by atoms with Crippen LogP contribution in [0.25, 0.3) is 11.6 Å². The summed E-state index contributed by atoms with van der Waals surface area (Å²) in [6, 6.07) is 16.5. The van der Waals surface area contributed by atoms with E-state index in [1.807, 2.05) is 60.8 Å². The molecule has 4 atom stereocenters. The Kier molecular flexibility index (Phi) is 8.59. The highest BCUT2D eigenvalue weighted by Crippen LogP contribution is 2.47. The van der Waals surface area contributed by atoms with Crippen LogP contribution in [0.1, 0.15) is 48.7 Å². The molecule has 0 radical (unpaired) electrons. The standard InChI is InChI=1S/C32H34N2O5S/c1-2-20-17-24-30(32(39)34(31(24)38)18-23-9-7-15-40-23)25(19-35)29(20)28(37)13-12-21(26-10-5-6-14-33-26)16-22-8-3-4-11-27(22)36/h3-11,14-16,24-25,28,30,35-37H,2,12-13,17-19H2,1H3/b21-16-/t24-,25+,28-,30-/m1/s1. The number of pyridine rings is 1. The van der Waals surface area contributed by atoms with Gasteiger partial charge in [0.15, 0.2) is 0 Å². The zero-order valence-corrected chi connectivity index (χ0v) is 23.3. The highest BCUT2D eigenvalue weighted by atomic mass is 32.1. The maximum absolute atomic E-state index is 13.5. The van der Waals surface area contributed by atoms with Gasteiger partial charge in [0.25, 0.3) is 0 Å². The normalized spacial score (nSPS) is 22.1. The van der Waals surface area contributed by atoms with Crippen molar-refractivity contribution in [3.05, 3.63) is 93.5 Å². The summed E-state index contributed by atoms with van der Waals surface area (Å²) in [6.07, 6.45) is 4.51. The number of thiophene rings is 1. The van der Waals surface area contributed by atoms with Crippen LogP contribution in [0.4, 0.5) is 0 Å². The first kappa shape index (κ1) is 28.0. The highest BCUT2D eigenvalue weighted by molar-refractivity contribution is 7.09. The molecule has 0 saturated carbocycles. The van der Waals surface area contributed by atoms with Gasteiger partial charge >= 0.3 is 0 Å². The summed E-state index contributed by atoms with van der Waals surface area (Å²) >= 11 is 1.50. The number of aliphatic hydroxyl groups is 2. The summed E-state index contributed by atoms with van der Waals surface area (Å²) in [5.74, 6) is -2.11. The van der Waals surface area contributed by atoms with Crippen LogP contribution >= 0.6 is 11.3 Å². The first-order valence-electron chi connectivity index (χ1n) is 13.7. The summed E-state index contributed by atoms with van der Waals surface area (Å²) in [4.78, 5) is 33.7. The van der Waals surface area contributed by atoms with E-state index in [2.05, 4.69) is 4.98 Å². The van der Waals surface area contributed by atoms with Crippen molar-refractivity contribution in [2.75, 3.05) is 6.61 Å². The number of carbonyl (C=O) groups is 2. The number of phenolic OH excluding ortho intramolecular Hbond substituents is 1. The SMILES string of the molecule is CCC1=C([C@H](O)CC/C(=C/c2ccccc2O)c2ccccn2)[C@H](CO)[C@@H]2C(=O)N(Cc3cccs3)C(=O)[C@@H]2C1. The highest BCUT2D eigenvalue weighted by Gasteiger charge is 2.54. The molecule has 2 amide bonds. The third-order valence-corrected chi connectivity index (χ3v) is 8.96. The number of phenols is 1. The van der Waals surface area contributed by atoms with Gasteiger partial charge in [-0.1, -0.05) is 42.8 Å². The largest absolute Gasteiger partial charge is 0.507 e. The van der Waals surface area contributed by atoms with Crippen LogP contribution in [-0.4, -0.2) is 49.7 Å². The third-order valence-electron chi connectivity index (χ3n) is 8.10. The smallest absolute Gasteiger partial charge is 0.234 e. The second kappa shape index (κ2) is 12.3. The monoisotopic (exact) mass is 558 g/mol. The summed E-state index contributed by atoms with van der Waals surface area (Å²) in [5, 5.41) is 34.4. The Labute approximate surface area is 238 Å². The minimum absolute atomic E-state index is 0.155. The van der Waals surface area contributed by atoms with Crippen LogP contribution in [0.2, 0.25) is 0 Å². The van der Waals surface area contributed by atoms with E-state index < -0.39 is 23.9 Å². The number of likely N-dealkylation sites (tertiary alicyclic amines) is 1. The Morgan fingerprint density at radius 2 is 1.93 bits per heavy atom. The number of allylic oxidation sites excluding steroid dienone is 2. The quantitative estimate of drug-likeness (QED) is 0.237. The number of rotatable bonds is 10. The van der Waals surface area contributed by atoms with Gasteiger partial charge in [-0.05, 0) is 72.6 Å². The maximum Gasteiger partial charge on any atom is 0.234 e. The van der Waals surface area contributed by atoms with E-state index in [0.717, 1.165) is 21.7 Å². The molecule has 5 rings (SSSR count). The molecular formula is C32H34N2O5S. The number of imide groups is 1. The molecule has 1 aromatic carbocycles. The van der Waals surface area contributed by atoms with Crippen LogP contribution < -0.4 is 0 Å². The number of aromatic hydroxyl groups is 1. The van der Waals surface area contributed by atoms with Crippen molar-refractivity contribution in [3.8, 4) is 5.75 Å². The number of aliphatic hydroxyl groups excluding tert-OH is 2. The van der Waals surface area contributed by atoms with E-state index in [1.165, 1.54) is 16.2 Å². The first-order valence-corrected chi connectivity index (χ1v) is 14.6. The van der Waals surface area contributed by atoms with Crippen LogP contribution in [0.5, 0.6) is 5.75 Å². The van der Waals surface area contributed by atoms with Gasteiger partial charge in [-0.15, -0.1) is 11.3 Å². The van der Waals surface area contributed by atoms with Gasteiger partial charge in [0.05, 0.1) is 36.8 Å². The Morgan fingerprint density at radius 3 is 2.60 bits per heavy atom. The van der Waals surface area contributed by atoms with Crippen molar-refractivity contribution >= 4 is 34.8 Å². The van der Waals surface area contributed by atoms with E-state index in [4.69, 9.17) is 0 Å². The summed E-state index contributed by atoms with van der Waals surface area (Å²) < 4.78 is 0. The molecule has 1 aliphatic heterocycles. The number of nitrogens with zero attached hydrogens (tertiary/aromatic N) is 2. The van der Waals surface area contributed by atoms with Gasteiger partial charge < -0.3 is 15.3 Å². The minimum Gasteiger partial charge on any atom is -0.507 e. The van der Waals surface area contributed by atoms with Crippen molar-refractivity contribution in [1.82, 2.24) is 9.88 Å². The lowest BCUT2D eigenvalue weighted by Crippen LogP contribution is -2.39. The van der Waals surface area contributed by atoms with Gasteiger partial charge in [0.1, 0.15) is 5.75 Å². The Balaban J connectivity index is 1.41. The van der Waals surface area contributed by atoms with Gasteiger partial charge in [0, 0.05) is 22.6 Å². The second-order valence-corrected chi connectivity index (χ2v) is 11.4. The molecule has 3 N–H and O–H groups in total. The Hall–Kier alpha value is -3.59. The van der Waals surface area contributed by atoms with E-state index >= 15 is 0 Å². The number of carbonyl (C=O) groups excluding carboxylic acids is 2. The summed E-state index contributed by atoms with van der Waals surface area (Å²) in [7, 11) is 0. The van der Waals surface area contributed by atoms with Gasteiger partial charge in [-0.25, -0.2) is 0 Å². The maximum atomic E-state index is 13.5. The van der Waals surface area contributed by atoms with E-state index in [9.17, 15) is 24.9 Å². The predicted octanol–water partition coefficient (Wildman–Crippen LogP) is 5.05. The van der Waals surface area contributed by atoms with Crippen LogP contribution in [-0.2, 0) is 16.1 Å². The van der Waals surface area contributed by atoms with E-state index in [1.54, 1.807) is 18.3 Å². The molecule has 1 aliphatic carbocycles. The van der Waals surface area contributed by atoms with E-state index in [0.29, 0.717) is 36.8 Å². The molecule has 0 bridgehead atoms. The number of para-hydroxylation sites is 1. The third kappa shape index (κ3) is 5.52. The van der Waals surface area contributed by atoms with Crippen LogP contribution in [0, 0.1) is 17.8 Å². The Bertz CT molecular complexity index is 1420. The number of benzene rings is 1. The molecule has 3 aromatic rings. The zero-order valence-electron chi connectivity index (χ0n) is 22.4. The molecule has 2 aromatic heterocycles. The van der Waals surface area contributed by atoms with Crippen LogP contribution in [0.3, 0.4) is 0 Å². The fourth-order valence-electron chi connectivity index (χ4n) is 6.15. The summed E-state index contributed by atoms with van der Waals surface area (Å²) in [6.45, 7) is 1.91. The Morgan fingerprint density at radius 1 is 1.12 bits per heavy atom. The van der Waals surface area contributed by atoms with Crippen molar-refractivity contribution in [1.29, 1.82) is 0 Å². The number of hydrogen-bond acceptors (Lipinski definition) is 7. The second-order valence-electron chi connectivity index (χ2n) is 10.4. The fourth-order valence-corrected chi connectivity index (χ4v) is 6.84. The molecule has 0 spiro atoms. The van der Waals surface area contributed by atoms with Crippen molar-refractivity contribution < 1.29 is 24.9 Å². The molecule has 1 fully saturated rings. The minimum atomic E-state index is -0.904. The number of aromatic nitrogens is 1. The number of fused-ring (bicyclic) bond motifs is 1. The topological polar surface area (TPSA) is 111 Å². The number of hydrogen-bond donors (Lipinski definition) is 3. The molecule has 8 heteroatoms. The van der Waals surface area contributed by atoms with Crippen molar-refractivity contribution in [2.45, 2.75) is 45.3 Å². The van der Waals surface area contributed by atoms with Crippen LogP contribution in [0.15, 0.2) is 77.3 Å². The molecule has 7 nitrogen and oxygen atoms in total. The lowest BCUT2D eigenvalue weighted by molar-refractivity contribution is -0.140. The molecule has 3 heterocycles. The van der Waals surface area contributed by atoms with Gasteiger partial charge in [-0.3, -0.25) is 19.5 Å². The molecule has 1 saturated heterocycles. The number of amides is 2. The first-order chi connectivity index (χ1) is 19.4. The molecule has 208 valence electrons. The van der Waals surface area contributed by atoms with Crippen molar-refractivity contribution in [3.63, 3.8) is 0 Å². The van der Waals surface area contributed by atoms with E-state index in [-0.39, 0.29) is 30.7 Å². The molecule has 2 aliphatic rings. The summed E-state index contributed by atoms with van der Waals surface area (Å²) in [5.41, 5.74) is 3.87. The average molecular weight is 559 g/mol. The lowest BCUT2D eigenvalue weighted by Gasteiger charge is -2.36. The van der Waals surface area contributed by atoms with Gasteiger partial charge in [-0.2, -0.15) is 0 Å². The van der Waals surface area contributed by atoms with Crippen molar-refractivity contribution in [2.24, 2.45) is 17.8 Å². The fraction of sp³-hybridized carbons (Fsp3) is 0.344. The van der Waals surface area contributed by atoms with Gasteiger partial charge in [0.2, 0.25) is 11.8 Å². The molecular weight excluding hydrogens is 524 g/mol. The predicted molar refractivity (Wildman–Crippen MR) is 155 cm³/mol. The zero-order chi connectivity index (χ0) is 28.2. The lowest BCUT2D eigenvalue weighted by atomic mass is 9.67.